The minimum absolute atomic E-state index is 0.226. The van der Waals surface area contributed by atoms with Gasteiger partial charge in [-0.15, -0.1) is 0 Å². The van der Waals surface area contributed by atoms with Crippen LogP contribution in [-0.2, 0) is 9.47 Å². The predicted molar refractivity (Wildman–Crippen MR) is 68.4 cm³/mol. The van der Waals surface area contributed by atoms with E-state index < -0.39 is 5.60 Å². The van der Waals surface area contributed by atoms with Crippen molar-refractivity contribution in [2.75, 3.05) is 23.4 Å². The lowest BCUT2D eigenvalue weighted by molar-refractivity contribution is 0.0736. The summed E-state index contributed by atoms with van der Waals surface area (Å²) in [6, 6.07) is 0. The van der Waals surface area contributed by atoms with Gasteiger partial charge in [-0.25, -0.2) is 4.79 Å². The van der Waals surface area contributed by atoms with Crippen LogP contribution in [0.1, 0.15) is 20.8 Å². The summed E-state index contributed by atoms with van der Waals surface area (Å²) < 4.78 is 11.3. The van der Waals surface area contributed by atoms with Gasteiger partial charge in [0.15, 0.2) is 0 Å². The van der Waals surface area contributed by atoms with E-state index in [4.69, 9.17) is 9.47 Å². The van der Waals surface area contributed by atoms with Gasteiger partial charge in [0.25, 0.3) is 0 Å². The molecule has 0 amide bonds. The zero-order valence-electron chi connectivity index (χ0n) is 8.84. The Morgan fingerprint density at radius 1 is 1.36 bits per heavy atom. The number of hydrogen-bond donors (Lipinski definition) is 0. The van der Waals surface area contributed by atoms with Crippen LogP contribution >= 0.6 is 34.4 Å². The lowest BCUT2D eigenvalue weighted by Crippen LogP contribution is -2.21. The maximum Gasteiger partial charge on any atom is 0.367 e. The van der Waals surface area contributed by atoms with Crippen molar-refractivity contribution >= 4 is 39.7 Å². The second kappa shape index (κ2) is 7.76. The van der Waals surface area contributed by atoms with Gasteiger partial charge in [-0.1, -0.05) is 22.6 Å². The molecular weight excluding hydrogens is 315 g/mol. The Hall–Kier alpha value is 0.510. The van der Waals surface area contributed by atoms with Crippen LogP contribution in [0.25, 0.3) is 0 Å². The molecule has 0 aromatic carbocycles. The van der Waals surface area contributed by atoms with Gasteiger partial charge in [-0.3, -0.25) is 0 Å². The lowest BCUT2D eigenvalue weighted by Gasteiger charge is -2.18. The highest BCUT2D eigenvalue weighted by molar-refractivity contribution is 14.1. The number of alkyl halides is 1. The Kier molecular flexibility index (Phi) is 8.04. The zero-order chi connectivity index (χ0) is 11.0. The molecule has 0 saturated heterocycles. The van der Waals surface area contributed by atoms with Crippen LogP contribution in [0, 0.1) is 0 Å². The summed E-state index contributed by atoms with van der Waals surface area (Å²) in [5, 5.41) is -0.226. The Morgan fingerprint density at radius 3 is 2.50 bits per heavy atom. The van der Waals surface area contributed by atoms with Gasteiger partial charge >= 0.3 is 5.30 Å². The van der Waals surface area contributed by atoms with Crippen LogP contribution < -0.4 is 0 Å². The highest BCUT2D eigenvalue weighted by Gasteiger charge is 2.16. The number of halogens is 1. The number of carbonyl (C=O) groups excluding carboxylic acids is 1. The molecule has 0 N–H and O–H groups in total. The quantitative estimate of drug-likeness (QED) is 0.335. The van der Waals surface area contributed by atoms with Crippen LogP contribution in [0.5, 0.6) is 0 Å². The molecule has 0 aliphatic rings. The summed E-state index contributed by atoms with van der Waals surface area (Å²) >= 11 is 3.41. The molecule has 0 fully saturated rings. The van der Waals surface area contributed by atoms with Crippen LogP contribution in [0.3, 0.4) is 0 Å². The number of rotatable bonds is 5. The van der Waals surface area contributed by atoms with E-state index in [-0.39, 0.29) is 5.30 Å². The van der Waals surface area contributed by atoms with Crippen molar-refractivity contribution in [3.05, 3.63) is 0 Å². The number of thioether (sulfide) groups is 1. The van der Waals surface area contributed by atoms with E-state index in [1.54, 1.807) is 0 Å². The van der Waals surface area contributed by atoms with Crippen molar-refractivity contribution < 1.29 is 14.3 Å². The van der Waals surface area contributed by atoms with E-state index in [1.807, 2.05) is 20.8 Å². The molecule has 0 radical (unpaired) electrons. The molecule has 3 nitrogen and oxygen atoms in total. The maximum absolute atomic E-state index is 11.2. The van der Waals surface area contributed by atoms with Crippen LogP contribution in [-0.4, -0.2) is 34.3 Å². The van der Waals surface area contributed by atoms with E-state index in [2.05, 4.69) is 22.6 Å². The monoisotopic (exact) mass is 332 g/mol. The summed E-state index contributed by atoms with van der Waals surface area (Å²) in [6.45, 7) is 6.93. The molecule has 0 unspecified atom stereocenters. The Morgan fingerprint density at radius 2 is 2.00 bits per heavy atom. The van der Waals surface area contributed by atoms with E-state index >= 15 is 0 Å². The summed E-state index contributed by atoms with van der Waals surface area (Å²) in [5.41, 5.74) is -0.396. The van der Waals surface area contributed by atoms with E-state index in [0.29, 0.717) is 12.4 Å². The summed E-state index contributed by atoms with van der Waals surface area (Å²) in [6.07, 6.45) is 0. The van der Waals surface area contributed by atoms with Gasteiger partial charge in [-0.05, 0) is 32.5 Å². The highest BCUT2D eigenvalue weighted by atomic mass is 127. The van der Waals surface area contributed by atoms with Gasteiger partial charge in [0.05, 0.1) is 13.2 Å². The number of carbonyl (C=O) groups is 1. The Balaban J connectivity index is 3.36. The maximum atomic E-state index is 11.2. The molecule has 0 atom stereocenters. The standard InChI is InChI=1S/C9H17IO3S/c1-9(2,3)13-8(11)14-7-6-12-5-4-10/h4-7H2,1-3H3. The fraction of sp³-hybridized carbons (Fsp3) is 0.889. The first-order chi connectivity index (χ1) is 6.45. The van der Waals surface area contributed by atoms with Gasteiger partial charge in [0.1, 0.15) is 5.60 Å². The molecule has 0 rings (SSSR count). The third-order valence-corrected chi connectivity index (χ3v) is 2.19. The van der Waals surface area contributed by atoms with Crippen LogP contribution in [0.2, 0.25) is 0 Å². The summed E-state index contributed by atoms with van der Waals surface area (Å²) in [7, 11) is 0. The second-order valence-corrected chi connectivity index (χ2v) is 5.72. The third kappa shape index (κ3) is 10.6. The molecule has 0 bridgehead atoms. The fourth-order valence-electron chi connectivity index (χ4n) is 0.620. The van der Waals surface area contributed by atoms with E-state index in [1.165, 1.54) is 11.8 Å². The van der Waals surface area contributed by atoms with Gasteiger partial charge in [0.2, 0.25) is 0 Å². The van der Waals surface area contributed by atoms with Crippen LogP contribution in [0.4, 0.5) is 4.79 Å². The molecule has 0 aromatic heterocycles. The minimum Gasteiger partial charge on any atom is -0.452 e. The van der Waals surface area contributed by atoms with Gasteiger partial charge in [0, 0.05) is 10.2 Å². The molecule has 0 spiro atoms. The minimum atomic E-state index is -0.396. The Labute approximate surface area is 103 Å². The number of ether oxygens (including phenoxy) is 2. The van der Waals surface area contributed by atoms with Crippen molar-refractivity contribution in [2.45, 2.75) is 26.4 Å². The van der Waals surface area contributed by atoms with Crippen molar-refractivity contribution in [2.24, 2.45) is 0 Å². The molecular formula is C9H17IO3S. The predicted octanol–water partition coefficient (Wildman–Crippen LogP) is 3.11. The molecule has 0 aliphatic heterocycles. The van der Waals surface area contributed by atoms with Crippen molar-refractivity contribution in [1.29, 1.82) is 0 Å². The van der Waals surface area contributed by atoms with E-state index in [9.17, 15) is 4.79 Å². The largest absolute Gasteiger partial charge is 0.452 e. The molecule has 0 aliphatic carbocycles. The molecule has 5 heteroatoms. The molecule has 0 saturated carbocycles. The third-order valence-electron chi connectivity index (χ3n) is 1.06. The summed E-state index contributed by atoms with van der Waals surface area (Å²) in [4.78, 5) is 11.2. The topological polar surface area (TPSA) is 35.5 Å². The molecule has 84 valence electrons. The normalized spacial score (nSPS) is 11.4. The smallest absolute Gasteiger partial charge is 0.367 e. The molecule has 14 heavy (non-hydrogen) atoms. The average Bonchev–Trinajstić information content (AvgIpc) is 2.00. The van der Waals surface area contributed by atoms with E-state index in [0.717, 1.165) is 11.0 Å². The molecule has 0 heterocycles. The fourth-order valence-corrected chi connectivity index (χ4v) is 1.61. The van der Waals surface area contributed by atoms with Crippen molar-refractivity contribution in [3.63, 3.8) is 0 Å². The van der Waals surface area contributed by atoms with Gasteiger partial charge < -0.3 is 9.47 Å². The first-order valence-electron chi connectivity index (χ1n) is 4.45. The van der Waals surface area contributed by atoms with Crippen LogP contribution in [0.15, 0.2) is 0 Å². The highest BCUT2D eigenvalue weighted by Crippen LogP contribution is 2.14. The Bertz CT molecular complexity index is 168. The molecule has 0 aromatic rings. The summed E-state index contributed by atoms with van der Waals surface area (Å²) in [5.74, 6) is 0.658. The first-order valence-corrected chi connectivity index (χ1v) is 6.96. The second-order valence-electron chi connectivity index (χ2n) is 3.61. The lowest BCUT2D eigenvalue weighted by atomic mass is 10.2. The zero-order valence-corrected chi connectivity index (χ0v) is 11.8. The van der Waals surface area contributed by atoms with Gasteiger partial charge in [-0.2, -0.15) is 0 Å². The SMILES string of the molecule is CC(C)(C)OC(=O)SCCOCCI. The van der Waals surface area contributed by atoms with Crippen molar-refractivity contribution in [3.8, 4) is 0 Å². The first kappa shape index (κ1) is 14.5. The average molecular weight is 332 g/mol. The number of hydrogen-bond acceptors (Lipinski definition) is 4. The van der Waals surface area contributed by atoms with Crippen molar-refractivity contribution in [1.82, 2.24) is 0 Å².